The molecule has 10 heteroatoms. The number of nitrogens with one attached hydrogen (secondary N) is 1. The van der Waals surface area contributed by atoms with E-state index in [0.717, 1.165) is 5.56 Å². The van der Waals surface area contributed by atoms with Crippen molar-refractivity contribution in [3.63, 3.8) is 0 Å². The van der Waals surface area contributed by atoms with E-state index in [9.17, 15) is 35.5 Å². The van der Waals surface area contributed by atoms with Crippen LogP contribution in [-0.4, -0.2) is 37.0 Å². The zero-order valence-electron chi connectivity index (χ0n) is 17.2. The van der Waals surface area contributed by atoms with Crippen molar-refractivity contribution < 1.29 is 35.5 Å². The van der Waals surface area contributed by atoms with Gasteiger partial charge in [0.25, 0.3) is 5.91 Å². The van der Waals surface area contributed by atoms with Crippen LogP contribution in [0.5, 0.6) is 0 Å². The molecule has 0 radical (unpaired) electrons. The quantitative estimate of drug-likeness (QED) is 0.621. The third-order valence-corrected chi connectivity index (χ3v) is 5.71. The lowest BCUT2D eigenvalue weighted by molar-refractivity contribution is -0.143. The molecule has 1 aliphatic rings. The van der Waals surface area contributed by atoms with Crippen molar-refractivity contribution in [3.8, 4) is 0 Å². The van der Waals surface area contributed by atoms with Crippen LogP contribution in [0.3, 0.4) is 0 Å². The standard InChI is InChI=1S/C22H21F7N2O/c1-12-7-13(3-4-18(12)23)17-11-30-6-5-19(17)31(2)20(32)14-8-15(21(24,25)26)10-16(9-14)22(27,28)29/h3-4,7-10,17,19,30H,5-6,11H2,1-2H3. The Morgan fingerprint density at radius 1 is 1.00 bits per heavy atom. The van der Waals surface area contributed by atoms with Gasteiger partial charge in [-0.3, -0.25) is 4.79 Å². The number of alkyl halides is 6. The Bertz CT molecular complexity index is 968. The Morgan fingerprint density at radius 2 is 1.59 bits per heavy atom. The van der Waals surface area contributed by atoms with Crippen molar-refractivity contribution in [2.75, 3.05) is 20.1 Å². The van der Waals surface area contributed by atoms with Crippen LogP contribution in [0.1, 0.15) is 45.0 Å². The highest BCUT2D eigenvalue weighted by Crippen LogP contribution is 2.37. The molecule has 2 atom stereocenters. The van der Waals surface area contributed by atoms with Gasteiger partial charge in [0.15, 0.2) is 0 Å². The first-order chi connectivity index (χ1) is 14.8. The van der Waals surface area contributed by atoms with Crippen molar-refractivity contribution in [3.05, 3.63) is 70.0 Å². The molecule has 2 aromatic carbocycles. The highest BCUT2D eigenvalue weighted by Gasteiger charge is 2.39. The molecule has 32 heavy (non-hydrogen) atoms. The summed E-state index contributed by atoms with van der Waals surface area (Å²) in [6.45, 7) is 2.51. The van der Waals surface area contributed by atoms with Crippen molar-refractivity contribution >= 4 is 5.91 Å². The first-order valence-electron chi connectivity index (χ1n) is 9.82. The fourth-order valence-electron chi connectivity index (χ4n) is 3.98. The smallest absolute Gasteiger partial charge is 0.338 e. The minimum absolute atomic E-state index is 0.00853. The van der Waals surface area contributed by atoms with Gasteiger partial charge in [-0.1, -0.05) is 12.1 Å². The van der Waals surface area contributed by atoms with Crippen molar-refractivity contribution in [2.45, 2.75) is 37.7 Å². The molecule has 3 rings (SSSR count). The maximum Gasteiger partial charge on any atom is 0.416 e. The molecule has 1 amide bonds. The Balaban J connectivity index is 1.97. The predicted octanol–water partition coefficient (Wildman–Crippen LogP) is 5.39. The summed E-state index contributed by atoms with van der Waals surface area (Å²) in [5.41, 5.74) is -2.66. The van der Waals surface area contributed by atoms with Crippen molar-refractivity contribution in [1.29, 1.82) is 0 Å². The normalized spacial score (nSPS) is 19.7. The number of piperidine rings is 1. The average molecular weight is 462 g/mol. The van der Waals surface area contributed by atoms with Crippen LogP contribution in [0.25, 0.3) is 0 Å². The van der Waals surface area contributed by atoms with E-state index in [2.05, 4.69) is 5.32 Å². The van der Waals surface area contributed by atoms with Crippen LogP contribution in [-0.2, 0) is 12.4 Å². The molecule has 1 fully saturated rings. The molecule has 0 aromatic heterocycles. The fraction of sp³-hybridized carbons (Fsp3) is 0.409. The molecule has 1 heterocycles. The second-order valence-corrected chi connectivity index (χ2v) is 7.89. The monoisotopic (exact) mass is 462 g/mol. The molecule has 0 spiro atoms. The van der Waals surface area contributed by atoms with Crippen LogP contribution < -0.4 is 5.32 Å². The molecule has 0 aliphatic carbocycles. The second-order valence-electron chi connectivity index (χ2n) is 7.89. The highest BCUT2D eigenvalue weighted by atomic mass is 19.4. The Labute approximate surface area is 180 Å². The van der Waals surface area contributed by atoms with Crippen LogP contribution >= 0.6 is 0 Å². The van der Waals surface area contributed by atoms with Gasteiger partial charge in [-0.05, 0) is 55.3 Å². The molecule has 1 aliphatic heterocycles. The van der Waals surface area contributed by atoms with E-state index in [1.165, 1.54) is 18.0 Å². The zero-order valence-corrected chi connectivity index (χ0v) is 17.2. The number of likely N-dealkylation sites (N-methyl/N-ethyl adjacent to an activating group) is 1. The maximum atomic E-state index is 13.7. The summed E-state index contributed by atoms with van der Waals surface area (Å²) in [6, 6.07) is 4.85. The average Bonchev–Trinajstić information content (AvgIpc) is 2.73. The third-order valence-electron chi connectivity index (χ3n) is 5.71. The number of carbonyl (C=O) groups is 1. The molecule has 2 aromatic rings. The van der Waals surface area contributed by atoms with Gasteiger partial charge in [0, 0.05) is 31.1 Å². The molecule has 1 saturated heterocycles. The van der Waals surface area contributed by atoms with Crippen LogP contribution in [0.2, 0.25) is 0 Å². The highest BCUT2D eigenvalue weighted by molar-refractivity contribution is 5.94. The number of rotatable bonds is 3. The number of benzene rings is 2. The minimum atomic E-state index is -5.04. The molecule has 0 saturated carbocycles. The van der Waals surface area contributed by atoms with Crippen molar-refractivity contribution in [2.24, 2.45) is 0 Å². The van der Waals surface area contributed by atoms with Gasteiger partial charge >= 0.3 is 12.4 Å². The SMILES string of the molecule is Cc1cc(C2CNCCC2N(C)C(=O)c2cc(C(F)(F)F)cc(C(F)(F)F)c2)ccc1F. The lowest BCUT2D eigenvalue weighted by Crippen LogP contribution is -2.49. The van der Waals surface area contributed by atoms with E-state index >= 15 is 0 Å². The zero-order chi connectivity index (χ0) is 23.8. The number of hydrogen-bond acceptors (Lipinski definition) is 2. The lowest BCUT2D eigenvalue weighted by atomic mass is 9.85. The largest absolute Gasteiger partial charge is 0.416 e. The van der Waals surface area contributed by atoms with E-state index < -0.39 is 46.8 Å². The number of aryl methyl sites for hydroxylation is 1. The molecule has 174 valence electrons. The van der Waals surface area contributed by atoms with Gasteiger partial charge in [0.05, 0.1) is 11.1 Å². The Morgan fingerprint density at radius 3 is 2.12 bits per heavy atom. The first-order valence-corrected chi connectivity index (χ1v) is 9.82. The molecular weight excluding hydrogens is 441 g/mol. The summed E-state index contributed by atoms with van der Waals surface area (Å²) in [5, 5.41) is 3.16. The molecule has 3 nitrogen and oxygen atoms in total. The maximum absolute atomic E-state index is 13.7. The summed E-state index contributed by atoms with van der Waals surface area (Å²) in [4.78, 5) is 14.2. The Kier molecular flexibility index (Phi) is 6.55. The van der Waals surface area contributed by atoms with Crippen LogP contribution in [0.15, 0.2) is 36.4 Å². The molecule has 1 N–H and O–H groups in total. The Hall–Kier alpha value is -2.62. The van der Waals surface area contributed by atoms with Gasteiger partial charge in [0.1, 0.15) is 5.82 Å². The number of carbonyl (C=O) groups excluding carboxylic acids is 1. The third kappa shape index (κ3) is 5.06. The van der Waals surface area contributed by atoms with Gasteiger partial charge in [-0.15, -0.1) is 0 Å². The van der Waals surface area contributed by atoms with E-state index in [0.29, 0.717) is 37.2 Å². The topological polar surface area (TPSA) is 32.3 Å². The summed E-state index contributed by atoms with van der Waals surface area (Å²) in [7, 11) is 1.36. The number of hydrogen-bond donors (Lipinski definition) is 1. The second kappa shape index (κ2) is 8.73. The fourth-order valence-corrected chi connectivity index (χ4v) is 3.98. The van der Waals surface area contributed by atoms with Gasteiger partial charge in [-0.25, -0.2) is 4.39 Å². The number of amides is 1. The van der Waals surface area contributed by atoms with E-state index in [4.69, 9.17) is 0 Å². The van der Waals surface area contributed by atoms with Crippen LogP contribution in [0, 0.1) is 12.7 Å². The van der Waals surface area contributed by atoms with Gasteiger partial charge < -0.3 is 10.2 Å². The van der Waals surface area contributed by atoms with E-state index in [1.807, 2.05) is 0 Å². The minimum Gasteiger partial charge on any atom is -0.338 e. The van der Waals surface area contributed by atoms with E-state index in [-0.39, 0.29) is 12.0 Å². The summed E-state index contributed by atoms with van der Waals surface area (Å²) in [5.74, 6) is -1.66. The predicted molar refractivity (Wildman–Crippen MR) is 104 cm³/mol. The van der Waals surface area contributed by atoms with Gasteiger partial charge in [-0.2, -0.15) is 26.3 Å². The van der Waals surface area contributed by atoms with Crippen molar-refractivity contribution in [1.82, 2.24) is 10.2 Å². The molecule has 2 unspecified atom stereocenters. The summed E-state index contributed by atoms with van der Waals surface area (Å²) >= 11 is 0. The number of halogens is 7. The lowest BCUT2D eigenvalue weighted by Gasteiger charge is -2.39. The molecule has 0 bridgehead atoms. The summed E-state index contributed by atoms with van der Waals surface area (Å²) < 4.78 is 92.7. The number of nitrogens with zero attached hydrogens (tertiary/aromatic N) is 1. The van der Waals surface area contributed by atoms with Gasteiger partial charge in [0.2, 0.25) is 0 Å². The molecular formula is C22H21F7N2O. The van der Waals surface area contributed by atoms with E-state index in [1.54, 1.807) is 19.1 Å². The first kappa shape index (κ1) is 24.0. The van der Waals surface area contributed by atoms with Crippen LogP contribution in [0.4, 0.5) is 30.7 Å². The summed E-state index contributed by atoms with van der Waals surface area (Å²) in [6.07, 6.45) is -9.66.